The molecule has 0 aromatic carbocycles. The molecule has 23 heavy (non-hydrogen) atoms. The van der Waals surface area contributed by atoms with Crippen molar-refractivity contribution in [2.75, 3.05) is 11.4 Å². The summed E-state index contributed by atoms with van der Waals surface area (Å²) in [6, 6.07) is 3.86. The Bertz CT molecular complexity index is 810. The molecular formula is C17H18N4O2. The van der Waals surface area contributed by atoms with Gasteiger partial charge in [-0.25, -0.2) is 10.1 Å². The summed E-state index contributed by atoms with van der Waals surface area (Å²) in [5.74, 6) is 0.836. The molecule has 2 aromatic heterocycles. The molecule has 4 rings (SSSR count). The Labute approximate surface area is 133 Å². The van der Waals surface area contributed by atoms with E-state index in [0.717, 1.165) is 54.6 Å². The Morgan fingerprint density at radius 1 is 1.09 bits per heavy atom. The predicted octanol–water partition coefficient (Wildman–Crippen LogP) is 1.37. The van der Waals surface area contributed by atoms with Gasteiger partial charge in [-0.2, -0.15) is 5.10 Å². The lowest BCUT2D eigenvalue weighted by molar-refractivity contribution is -0.122. The first-order chi connectivity index (χ1) is 11.2. The third-order valence-corrected chi connectivity index (χ3v) is 4.69. The van der Waals surface area contributed by atoms with E-state index in [1.54, 1.807) is 11.1 Å². The molecule has 2 aliphatic rings. The Morgan fingerprint density at radius 3 is 2.57 bits per heavy atom. The number of hydrogen-bond acceptors (Lipinski definition) is 4. The number of aromatic amines is 1. The molecule has 1 fully saturated rings. The van der Waals surface area contributed by atoms with Crippen LogP contribution in [0, 0.1) is 0 Å². The topological polar surface area (TPSA) is 79.0 Å². The molecule has 1 aliphatic carbocycles. The zero-order valence-electron chi connectivity index (χ0n) is 12.8. The first-order valence-electron chi connectivity index (χ1n) is 8.07. The van der Waals surface area contributed by atoms with Gasteiger partial charge in [-0.05, 0) is 42.9 Å². The van der Waals surface area contributed by atoms with E-state index in [1.807, 2.05) is 12.1 Å². The van der Waals surface area contributed by atoms with E-state index in [1.165, 1.54) is 0 Å². The average Bonchev–Trinajstić information content (AvgIpc) is 2.58. The first kappa shape index (κ1) is 14.1. The summed E-state index contributed by atoms with van der Waals surface area (Å²) in [5, 5.41) is 6.88. The zero-order valence-corrected chi connectivity index (χ0v) is 12.8. The molecule has 0 saturated carbocycles. The van der Waals surface area contributed by atoms with Crippen LogP contribution in [0.1, 0.15) is 41.6 Å². The van der Waals surface area contributed by atoms with Crippen LogP contribution in [-0.2, 0) is 24.1 Å². The second kappa shape index (κ2) is 5.61. The van der Waals surface area contributed by atoms with Gasteiger partial charge < -0.3 is 0 Å². The maximum absolute atomic E-state index is 11.9. The largest absolute Gasteiger partial charge is 0.296 e. The number of carbonyl (C=O) groups is 1. The van der Waals surface area contributed by atoms with Crippen molar-refractivity contribution in [1.82, 2.24) is 15.2 Å². The summed E-state index contributed by atoms with van der Waals surface area (Å²) in [7, 11) is 0. The van der Waals surface area contributed by atoms with E-state index in [9.17, 15) is 9.59 Å². The highest BCUT2D eigenvalue weighted by molar-refractivity contribution is 5.98. The van der Waals surface area contributed by atoms with Crippen LogP contribution in [-0.4, -0.2) is 27.6 Å². The third-order valence-electron chi connectivity index (χ3n) is 4.69. The SMILES string of the molecule is O=C1CCN1c1ccc(Cc2n[nH]c(=O)c3c2CCCC3)cn1. The molecule has 3 heterocycles. The number of fused-ring (bicyclic) bond motifs is 1. The van der Waals surface area contributed by atoms with Gasteiger partial charge >= 0.3 is 0 Å². The monoisotopic (exact) mass is 310 g/mol. The van der Waals surface area contributed by atoms with Gasteiger partial charge in [0, 0.05) is 31.1 Å². The molecule has 1 amide bonds. The van der Waals surface area contributed by atoms with Gasteiger partial charge in [-0.1, -0.05) is 6.07 Å². The molecule has 0 spiro atoms. The maximum Gasteiger partial charge on any atom is 0.267 e. The van der Waals surface area contributed by atoms with Crippen LogP contribution < -0.4 is 10.5 Å². The Hall–Kier alpha value is -2.50. The maximum atomic E-state index is 11.9. The molecule has 6 heteroatoms. The van der Waals surface area contributed by atoms with Crippen LogP contribution in [0.3, 0.4) is 0 Å². The van der Waals surface area contributed by atoms with Gasteiger partial charge in [0.15, 0.2) is 0 Å². The van der Waals surface area contributed by atoms with Crippen molar-refractivity contribution in [2.45, 2.75) is 38.5 Å². The lowest BCUT2D eigenvalue weighted by atomic mass is 9.90. The fourth-order valence-electron chi connectivity index (χ4n) is 3.31. The minimum absolute atomic E-state index is 0.0479. The Balaban J connectivity index is 1.59. The molecular weight excluding hydrogens is 292 g/mol. The van der Waals surface area contributed by atoms with Crippen molar-refractivity contribution in [1.29, 1.82) is 0 Å². The smallest absolute Gasteiger partial charge is 0.267 e. The van der Waals surface area contributed by atoms with E-state index in [0.29, 0.717) is 18.7 Å². The number of nitrogens with zero attached hydrogens (tertiary/aromatic N) is 3. The molecule has 1 N–H and O–H groups in total. The molecule has 1 aliphatic heterocycles. The lowest BCUT2D eigenvalue weighted by Gasteiger charge is -2.29. The predicted molar refractivity (Wildman–Crippen MR) is 85.5 cm³/mol. The van der Waals surface area contributed by atoms with Crippen LogP contribution >= 0.6 is 0 Å². The fraction of sp³-hybridized carbons (Fsp3) is 0.412. The van der Waals surface area contributed by atoms with E-state index in [-0.39, 0.29) is 11.5 Å². The van der Waals surface area contributed by atoms with Crippen molar-refractivity contribution in [3.8, 4) is 0 Å². The number of amides is 1. The minimum atomic E-state index is -0.0479. The van der Waals surface area contributed by atoms with Crippen LogP contribution in [0.4, 0.5) is 5.82 Å². The average molecular weight is 310 g/mol. The number of hydrogen-bond donors (Lipinski definition) is 1. The van der Waals surface area contributed by atoms with Crippen molar-refractivity contribution < 1.29 is 4.79 Å². The minimum Gasteiger partial charge on any atom is -0.296 e. The summed E-state index contributed by atoms with van der Waals surface area (Å²) < 4.78 is 0. The molecule has 118 valence electrons. The molecule has 1 saturated heterocycles. The fourth-order valence-corrected chi connectivity index (χ4v) is 3.31. The van der Waals surface area contributed by atoms with Crippen LogP contribution in [0.5, 0.6) is 0 Å². The standard InChI is InChI=1S/C17H18N4O2/c22-16-7-8-21(16)15-6-5-11(10-18-15)9-14-12-3-1-2-4-13(12)17(23)20-19-14/h5-6,10H,1-4,7-9H2,(H,20,23). The lowest BCUT2D eigenvalue weighted by Crippen LogP contribution is -2.43. The molecule has 0 unspecified atom stereocenters. The van der Waals surface area contributed by atoms with Crippen LogP contribution in [0.25, 0.3) is 0 Å². The number of aromatic nitrogens is 3. The quantitative estimate of drug-likeness (QED) is 0.869. The van der Waals surface area contributed by atoms with Crippen molar-refractivity contribution in [3.63, 3.8) is 0 Å². The van der Waals surface area contributed by atoms with Crippen molar-refractivity contribution in [2.24, 2.45) is 0 Å². The molecule has 2 aromatic rings. The van der Waals surface area contributed by atoms with Crippen molar-refractivity contribution in [3.05, 3.63) is 51.1 Å². The Kier molecular flexibility index (Phi) is 3.44. The van der Waals surface area contributed by atoms with Gasteiger partial charge in [0.05, 0.1) is 5.69 Å². The number of β-lactam (4-membered cyclic amide) rings is 1. The van der Waals surface area contributed by atoms with E-state index >= 15 is 0 Å². The van der Waals surface area contributed by atoms with Crippen LogP contribution in [0.15, 0.2) is 23.1 Å². The number of carbonyl (C=O) groups excluding carboxylic acids is 1. The van der Waals surface area contributed by atoms with Gasteiger partial charge in [0.2, 0.25) is 5.91 Å². The van der Waals surface area contributed by atoms with E-state index < -0.39 is 0 Å². The second-order valence-corrected chi connectivity index (χ2v) is 6.16. The number of pyridine rings is 1. The highest BCUT2D eigenvalue weighted by Crippen LogP contribution is 2.23. The van der Waals surface area contributed by atoms with Gasteiger partial charge in [-0.15, -0.1) is 0 Å². The van der Waals surface area contributed by atoms with Gasteiger partial charge in [0.25, 0.3) is 5.56 Å². The normalized spacial score (nSPS) is 16.9. The van der Waals surface area contributed by atoms with E-state index in [4.69, 9.17) is 0 Å². The first-order valence-corrected chi connectivity index (χ1v) is 8.07. The Morgan fingerprint density at radius 2 is 1.91 bits per heavy atom. The molecule has 0 radical (unpaired) electrons. The van der Waals surface area contributed by atoms with E-state index in [2.05, 4.69) is 15.2 Å². The number of rotatable bonds is 3. The van der Waals surface area contributed by atoms with Gasteiger partial charge in [-0.3, -0.25) is 14.5 Å². The van der Waals surface area contributed by atoms with Crippen LogP contribution in [0.2, 0.25) is 0 Å². The summed E-state index contributed by atoms with van der Waals surface area (Å²) in [5.41, 5.74) is 3.94. The summed E-state index contributed by atoms with van der Waals surface area (Å²) >= 11 is 0. The molecule has 6 nitrogen and oxygen atoms in total. The second-order valence-electron chi connectivity index (χ2n) is 6.16. The van der Waals surface area contributed by atoms with Gasteiger partial charge in [0.1, 0.15) is 5.82 Å². The zero-order chi connectivity index (χ0) is 15.8. The number of H-pyrrole nitrogens is 1. The summed E-state index contributed by atoms with van der Waals surface area (Å²) in [4.78, 5) is 29.4. The number of nitrogens with one attached hydrogen (secondary N) is 1. The summed E-state index contributed by atoms with van der Waals surface area (Å²) in [6.45, 7) is 0.750. The summed E-state index contributed by atoms with van der Waals surface area (Å²) in [6.07, 6.45) is 7.00. The highest BCUT2D eigenvalue weighted by atomic mass is 16.2. The molecule has 0 bridgehead atoms. The highest BCUT2D eigenvalue weighted by Gasteiger charge is 2.26. The number of anilines is 1. The van der Waals surface area contributed by atoms with Crippen molar-refractivity contribution >= 4 is 11.7 Å². The molecule has 0 atom stereocenters. The third kappa shape index (κ3) is 2.54.